The lowest BCUT2D eigenvalue weighted by molar-refractivity contribution is -0.111. The van der Waals surface area contributed by atoms with Crippen LogP contribution in [0.4, 0.5) is 5.00 Å². The van der Waals surface area contributed by atoms with Gasteiger partial charge in [-0.1, -0.05) is 33.3 Å². The average molecular weight is 385 g/mol. The Balaban J connectivity index is 1.78. The summed E-state index contributed by atoms with van der Waals surface area (Å²) in [4.78, 5) is 14.6. The molecule has 2 heterocycles. The van der Waals surface area contributed by atoms with Crippen LogP contribution in [0, 0.1) is 22.7 Å². The molecule has 26 heavy (non-hydrogen) atoms. The first kappa shape index (κ1) is 18.9. The molecule has 1 aliphatic carbocycles. The number of hydrogen-bond acceptors (Lipinski definition) is 4. The van der Waals surface area contributed by atoms with Gasteiger partial charge in [-0.2, -0.15) is 5.26 Å². The molecule has 0 saturated carbocycles. The van der Waals surface area contributed by atoms with Crippen LogP contribution >= 0.6 is 22.7 Å². The number of thiophene rings is 2. The highest BCUT2D eigenvalue weighted by Gasteiger charge is 2.33. The van der Waals surface area contributed by atoms with Crippen LogP contribution in [0.5, 0.6) is 0 Å². The second-order valence-electron chi connectivity index (χ2n) is 7.44. The van der Waals surface area contributed by atoms with Crippen molar-refractivity contribution in [3.05, 3.63) is 44.5 Å². The minimum atomic E-state index is -0.182. The van der Waals surface area contributed by atoms with E-state index in [9.17, 15) is 10.1 Å². The second kappa shape index (κ2) is 7.77. The van der Waals surface area contributed by atoms with Gasteiger partial charge in [0.2, 0.25) is 5.91 Å². The fourth-order valence-corrected chi connectivity index (χ4v) is 5.34. The predicted octanol–water partition coefficient (Wildman–Crippen LogP) is 5.87. The van der Waals surface area contributed by atoms with Gasteiger partial charge in [0.25, 0.3) is 0 Å². The number of carbonyl (C=O) groups is 1. The van der Waals surface area contributed by atoms with Crippen LogP contribution in [0.15, 0.2) is 23.6 Å². The monoisotopic (exact) mass is 384 g/mol. The molecule has 2 aromatic heterocycles. The van der Waals surface area contributed by atoms with Crippen molar-refractivity contribution in [3.63, 3.8) is 0 Å². The molecule has 1 atom stereocenters. The number of nitriles is 1. The van der Waals surface area contributed by atoms with Crippen molar-refractivity contribution in [2.24, 2.45) is 11.3 Å². The van der Waals surface area contributed by atoms with Gasteiger partial charge in [-0.25, -0.2) is 0 Å². The zero-order valence-electron chi connectivity index (χ0n) is 15.5. The number of amides is 1. The van der Waals surface area contributed by atoms with Gasteiger partial charge in [-0.15, -0.1) is 22.7 Å². The van der Waals surface area contributed by atoms with Crippen LogP contribution in [0.1, 0.15) is 54.5 Å². The summed E-state index contributed by atoms with van der Waals surface area (Å²) in [7, 11) is 0. The Morgan fingerprint density at radius 3 is 2.96 bits per heavy atom. The Kier molecular flexibility index (Phi) is 5.64. The van der Waals surface area contributed by atoms with Crippen LogP contribution in [0.3, 0.4) is 0 Å². The van der Waals surface area contributed by atoms with Crippen molar-refractivity contribution in [1.82, 2.24) is 0 Å². The molecular formula is C21H24N2OS2. The van der Waals surface area contributed by atoms with Gasteiger partial charge in [-0.3, -0.25) is 4.79 Å². The fraction of sp³-hybridized carbons (Fsp3) is 0.429. The molecule has 0 aliphatic heterocycles. The molecule has 1 N–H and O–H groups in total. The summed E-state index contributed by atoms with van der Waals surface area (Å²) in [5.74, 6) is 0.450. The normalized spacial score (nSPS) is 17.1. The number of anilines is 1. The van der Waals surface area contributed by atoms with Gasteiger partial charge in [0.15, 0.2) is 0 Å². The first-order valence-electron chi connectivity index (χ1n) is 9.01. The third kappa shape index (κ3) is 3.92. The molecule has 136 valence electrons. The minimum Gasteiger partial charge on any atom is -0.313 e. The molecular weight excluding hydrogens is 360 g/mol. The molecule has 0 radical (unpaired) electrons. The fourth-order valence-electron chi connectivity index (χ4n) is 3.45. The molecule has 0 spiro atoms. The standard InChI is InChI=1S/C21H24N2OS2/c1-4-21(2,3)14-7-9-16-17(13-22)20(26-18(16)12-14)23-19(24)10-8-15-6-5-11-25-15/h5-6,8,10-11,14H,4,7,9,12H2,1-3H3,(H,23,24)/b10-8+. The van der Waals surface area contributed by atoms with E-state index < -0.39 is 0 Å². The van der Waals surface area contributed by atoms with Crippen molar-refractivity contribution in [2.75, 3.05) is 5.32 Å². The van der Waals surface area contributed by atoms with E-state index in [1.165, 1.54) is 11.0 Å². The van der Waals surface area contributed by atoms with Crippen LogP contribution in [-0.2, 0) is 17.6 Å². The lowest BCUT2D eigenvalue weighted by Gasteiger charge is -2.36. The minimum absolute atomic E-state index is 0.182. The Hall–Kier alpha value is -1.90. The Bertz CT molecular complexity index is 853. The third-order valence-electron chi connectivity index (χ3n) is 5.57. The van der Waals surface area contributed by atoms with Crippen LogP contribution in [0.25, 0.3) is 6.08 Å². The van der Waals surface area contributed by atoms with Crippen molar-refractivity contribution in [2.45, 2.75) is 46.5 Å². The summed E-state index contributed by atoms with van der Waals surface area (Å²) < 4.78 is 0. The maximum absolute atomic E-state index is 12.3. The van der Waals surface area contributed by atoms with Crippen LogP contribution < -0.4 is 5.32 Å². The van der Waals surface area contributed by atoms with Crippen molar-refractivity contribution >= 4 is 39.7 Å². The molecule has 1 aliphatic rings. The van der Waals surface area contributed by atoms with E-state index in [0.717, 1.165) is 36.1 Å². The van der Waals surface area contributed by atoms with E-state index >= 15 is 0 Å². The van der Waals surface area contributed by atoms with Gasteiger partial charge in [-0.05, 0) is 53.7 Å². The van der Waals surface area contributed by atoms with Gasteiger partial charge in [0.1, 0.15) is 11.1 Å². The summed E-state index contributed by atoms with van der Waals surface area (Å²) in [6.07, 6.45) is 7.56. The molecule has 1 unspecified atom stereocenters. The Labute approximate surface area is 163 Å². The first-order valence-corrected chi connectivity index (χ1v) is 10.7. The predicted molar refractivity (Wildman–Crippen MR) is 111 cm³/mol. The molecule has 2 aromatic rings. The third-order valence-corrected chi connectivity index (χ3v) is 7.58. The van der Waals surface area contributed by atoms with Gasteiger partial charge in [0, 0.05) is 15.8 Å². The summed E-state index contributed by atoms with van der Waals surface area (Å²) in [5.41, 5.74) is 2.12. The van der Waals surface area contributed by atoms with Crippen molar-refractivity contribution in [3.8, 4) is 6.07 Å². The van der Waals surface area contributed by atoms with E-state index in [4.69, 9.17) is 0 Å². The number of fused-ring (bicyclic) bond motifs is 1. The molecule has 0 fully saturated rings. The van der Waals surface area contributed by atoms with E-state index in [1.54, 1.807) is 28.7 Å². The Morgan fingerprint density at radius 1 is 1.50 bits per heavy atom. The van der Waals surface area contributed by atoms with E-state index in [0.29, 0.717) is 21.9 Å². The molecule has 3 rings (SSSR count). The lowest BCUT2D eigenvalue weighted by Crippen LogP contribution is -2.28. The highest BCUT2D eigenvalue weighted by molar-refractivity contribution is 7.16. The molecule has 1 amide bonds. The number of hydrogen-bond donors (Lipinski definition) is 1. The smallest absolute Gasteiger partial charge is 0.249 e. The average Bonchev–Trinajstić information content (AvgIpc) is 3.26. The summed E-state index contributed by atoms with van der Waals surface area (Å²) in [6.45, 7) is 6.91. The zero-order chi connectivity index (χ0) is 18.7. The summed E-state index contributed by atoms with van der Waals surface area (Å²) in [5, 5.41) is 15.2. The lowest BCUT2D eigenvalue weighted by atomic mass is 9.69. The van der Waals surface area contributed by atoms with Crippen LogP contribution in [-0.4, -0.2) is 5.91 Å². The first-order chi connectivity index (χ1) is 12.4. The number of carbonyl (C=O) groups excluding carboxylic acids is 1. The van der Waals surface area contributed by atoms with Crippen molar-refractivity contribution in [1.29, 1.82) is 5.26 Å². The van der Waals surface area contributed by atoms with Gasteiger partial charge >= 0.3 is 0 Å². The Morgan fingerprint density at radius 2 is 2.31 bits per heavy atom. The molecule has 3 nitrogen and oxygen atoms in total. The largest absolute Gasteiger partial charge is 0.313 e. The molecule has 0 bridgehead atoms. The van der Waals surface area contributed by atoms with E-state index in [2.05, 4.69) is 32.2 Å². The summed E-state index contributed by atoms with van der Waals surface area (Å²) in [6, 6.07) is 6.24. The van der Waals surface area contributed by atoms with Gasteiger partial charge in [0.05, 0.1) is 5.56 Å². The van der Waals surface area contributed by atoms with Gasteiger partial charge < -0.3 is 5.32 Å². The SMILES string of the molecule is CCC(C)(C)C1CCc2c(sc(NC(=O)/C=C/c3cccs3)c2C#N)C1. The summed E-state index contributed by atoms with van der Waals surface area (Å²) >= 11 is 3.17. The number of nitrogens with zero attached hydrogens (tertiary/aromatic N) is 1. The number of nitrogens with one attached hydrogen (secondary N) is 1. The molecule has 0 aromatic carbocycles. The molecule has 5 heteroatoms. The highest BCUT2D eigenvalue weighted by atomic mass is 32.1. The zero-order valence-corrected chi connectivity index (χ0v) is 17.1. The van der Waals surface area contributed by atoms with Crippen LogP contribution in [0.2, 0.25) is 0 Å². The van der Waals surface area contributed by atoms with Crippen molar-refractivity contribution < 1.29 is 4.79 Å². The quantitative estimate of drug-likeness (QED) is 0.655. The van der Waals surface area contributed by atoms with E-state index in [1.807, 2.05) is 17.5 Å². The highest BCUT2D eigenvalue weighted by Crippen LogP contribution is 2.45. The molecule has 0 saturated heterocycles. The maximum atomic E-state index is 12.3. The second-order valence-corrected chi connectivity index (χ2v) is 9.52. The maximum Gasteiger partial charge on any atom is 0.249 e. The van der Waals surface area contributed by atoms with E-state index in [-0.39, 0.29) is 5.91 Å². The topological polar surface area (TPSA) is 52.9 Å². The number of rotatable bonds is 5.